The van der Waals surface area contributed by atoms with Gasteiger partial charge in [-0.1, -0.05) is 50.2 Å². The third-order valence-corrected chi connectivity index (χ3v) is 28.7. The lowest BCUT2D eigenvalue weighted by Gasteiger charge is -2.36. The van der Waals surface area contributed by atoms with E-state index in [1.54, 1.807) is 81.5 Å². The van der Waals surface area contributed by atoms with Crippen LogP contribution in [0.4, 0.5) is 95.8 Å². The van der Waals surface area contributed by atoms with Crippen molar-refractivity contribution in [1.29, 1.82) is 0 Å². The van der Waals surface area contributed by atoms with Crippen LogP contribution in [-0.2, 0) is 48.9 Å². The molecule has 14 N–H and O–H groups in total. The number of carbonyl (C=O) groups excluding carboxylic acids is 2. The Morgan fingerprint density at radius 3 is 1.26 bits per heavy atom. The number of fused-ring (bicyclic) bond motifs is 4. The van der Waals surface area contributed by atoms with Crippen molar-refractivity contribution in [3.63, 3.8) is 0 Å². The van der Waals surface area contributed by atoms with Gasteiger partial charge in [-0.15, -0.1) is 0 Å². The Kier molecular flexibility index (Phi) is 32.9. The Hall–Kier alpha value is -15.2. The van der Waals surface area contributed by atoms with E-state index < -0.39 is 106 Å². The third-order valence-electron chi connectivity index (χ3n) is 24.2. The van der Waals surface area contributed by atoms with Crippen LogP contribution < -0.4 is 42.5 Å². The van der Waals surface area contributed by atoms with Crippen LogP contribution in [0.15, 0.2) is 191 Å². The van der Waals surface area contributed by atoms with Gasteiger partial charge in [-0.05, 0) is 132 Å². The van der Waals surface area contributed by atoms with Crippen molar-refractivity contribution in [1.82, 2.24) is 99.6 Å². The van der Waals surface area contributed by atoms with Crippen LogP contribution in [0.5, 0.6) is 0 Å². The maximum absolute atomic E-state index is 15.0. The zero-order valence-electron chi connectivity index (χ0n) is 82.0. The quantitative estimate of drug-likeness (QED) is 0.0186. The third kappa shape index (κ3) is 24.7. The standard InChI is InChI=1S/C28H33FN8O3S.C27H30F2N8O3S.C22H23FN6O3S.C21H20F2N6O3S/c1-5-22(37-11-9-36(3)10-12-37)27(38)33-21-16-30-14-18-19(15-31-26(18)21)25-17(2)13-32-28(35-25)34-20-7-6-8-23(24(20)29)41(4,39)40;1-4-20(37-13-11-36(2)12-14-37)26(38)31-19-9-5-7-16-23(19)34-35-24(16)25-17(28)15-30-27(33-25)32-18-8-6-10-21(22(18)29)41(3,39)40;1-12-9-27-22(28-16-5-4-6-17(18(16)23)33(3,31)32)29-19(12)15-11-25-20-14(15)7-8-24-21(20)26-10-13(2)30;1-11(30)8-25-15-6-7-24-19-12(9-26-20(15)19)18-13(22)10-27-21(29-18)28-14-4-3-5-16(17(14)23)33(2,31)32/h6-8,13-16,22,31H,5,9-12H2,1-4H3,(H,33,38)(H,32,34,35);5-10,15,20H,4,11-14H2,1-3H3,(H,31,38)(H,34,35)(H,30,32,33);4-9,11,13,25,30H,10H2,1-3H3,(H,24,26)(H,27,28,29);3-7,9-11,26,30H,8H2,1-2H3,(H,24,25)(H,27,28,29). The summed E-state index contributed by atoms with van der Waals surface area (Å²) in [5, 5.41) is 51.4. The van der Waals surface area contributed by atoms with Gasteiger partial charge in [0.1, 0.15) is 42.3 Å². The monoisotopic (exact) mass is 2110 g/mol. The lowest BCUT2D eigenvalue weighted by molar-refractivity contribution is -0.122. The first-order valence-corrected chi connectivity index (χ1v) is 53.9. The molecule has 5 aromatic carbocycles. The molecule has 2 saturated heterocycles. The summed E-state index contributed by atoms with van der Waals surface area (Å²) in [5.74, 6) is -4.96. The van der Waals surface area contributed by atoms with Crippen LogP contribution in [0.3, 0.4) is 0 Å². The minimum atomic E-state index is -3.82. The molecule has 0 bridgehead atoms. The van der Waals surface area contributed by atoms with E-state index in [1.165, 1.54) is 73.1 Å². The second kappa shape index (κ2) is 45.5. The molecule has 13 heterocycles. The van der Waals surface area contributed by atoms with E-state index in [9.17, 15) is 79.8 Å². The number of piperazine rings is 2. The predicted molar refractivity (Wildman–Crippen MR) is 553 cm³/mol. The Morgan fingerprint density at radius 2 is 0.797 bits per heavy atom. The van der Waals surface area contributed by atoms with Crippen molar-refractivity contribution in [3.05, 3.63) is 217 Å². The molecule has 2 aliphatic heterocycles. The highest BCUT2D eigenvalue weighted by atomic mass is 32.2. The van der Waals surface area contributed by atoms with Gasteiger partial charge in [-0.3, -0.25) is 34.5 Å². The SMILES string of the molecule is CC(O)CNc1ccnc2c(-c3nc(Nc4cccc(S(C)(=O)=O)c4F)ncc3F)c[nH]c12.CCC(C(=O)Nc1cccc2c(-c3nc(Nc4cccc(S(C)(=O)=O)c4F)ncc3F)[nH]nc12)N1CCN(C)CC1.CCC(C(=O)Nc1cncc2c(-c3nc(Nc4cccc(S(C)(=O)=O)c4F)ncc3C)c[nH]c12)N1CCN(C)CC1.Cc1cnc(Nc2cccc(S(C)(=O)=O)c2F)nc1-c1c[nH]c2c(NCC(C)O)nccc12. The summed E-state index contributed by atoms with van der Waals surface area (Å²) in [4.78, 5) is 89.9. The van der Waals surface area contributed by atoms with Gasteiger partial charge in [0, 0.05) is 173 Å². The smallest absolute Gasteiger partial charge is 0.241 e. The lowest BCUT2D eigenvalue weighted by Crippen LogP contribution is -2.52. The Labute approximate surface area is 846 Å². The summed E-state index contributed by atoms with van der Waals surface area (Å²) in [7, 11) is -10.9. The van der Waals surface area contributed by atoms with Crippen molar-refractivity contribution in [2.24, 2.45) is 0 Å². The predicted octanol–water partition coefficient (Wildman–Crippen LogP) is 13.6. The minimum Gasteiger partial charge on any atom is -0.392 e. The minimum absolute atomic E-state index is 0.0412. The number of pyridine rings is 3. The number of hydrogen-bond donors (Lipinski definition) is 14. The molecule has 148 heavy (non-hydrogen) atoms. The number of halogens is 6. The maximum atomic E-state index is 15.0. The maximum Gasteiger partial charge on any atom is 0.241 e. The molecule has 0 spiro atoms. The highest BCUT2D eigenvalue weighted by molar-refractivity contribution is 7.91. The van der Waals surface area contributed by atoms with E-state index >= 15 is 0 Å². The zero-order chi connectivity index (χ0) is 106. The number of aryl methyl sites for hydroxylation is 2. The molecular weight excluding hydrogens is 2000 g/mol. The molecule has 40 nitrogen and oxygen atoms in total. The first kappa shape index (κ1) is 107. The van der Waals surface area contributed by atoms with Gasteiger partial charge in [0.15, 0.2) is 74.3 Å². The summed E-state index contributed by atoms with van der Waals surface area (Å²) in [6.45, 7) is 18.6. The van der Waals surface area contributed by atoms with Crippen molar-refractivity contribution >= 4 is 164 Å². The number of aromatic amines is 4. The Morgan fingerprint density at radius 1 is 0.405 bits per heavy atom. The molecule has 2 amide bonds. The number of H-pyrrole nitrogens is 4. The van der Waals surface area contributed by atoms with Gasteiger partial charge in [0.2, 0.25) is 35.6 Å². The van der Waals surface area contributed by atoms with E-state index in [4.69, 9.17) is 0 Å². The van der Waals surface area contributed by atoms with Crippen LogP contribution in [0.25, 0.3) is 88.9 Å². The molecule has 0 saturated carbocycles. The average Bonchev–Trinajstić information content (AvgIpc) is 1.65. The van der Waals surface area contributed by atoms with Crippen molar-refractivity contribution in [2.75, 3.05) is 147 Å². The second-order valence-electron chi connectivity index (χ2n) is 35.4. The fourth-order valence-electron chi connectivity index (χ4n) is 16.6. The van der Waals surface area contributed by atoms with E-state index in [-0.39, 0.29) is 87.5 Å². The normalized spacial score (nSPS) is 14.3. The number of likely N-dealkylation sites (N-methyl/N-ethyl adjacent to an activating group) is 2. The highest BCUT2D eigenvalue weighted by Crippen LogP contribution is 2.40. The van der Waals surface area contributed by atoms with Crippen LogP contribution in [0, 0.1) is 48.8 Å². The number of nitrogens with zero attached hydrogens (tertiary/aromatic N) is 16. The van der Waals surface area contributed by atoms with Gasteiger partial charge >= 0.3 is 0 Å². The average molecular weight is 2110 g/mol. The first-order valence-electron chi connectivity index (χ1n) is 46.3. The molecule has 776 valence electrons. The molecule has 2 fully saturated rings. The summed E-state index contributed by atoms with van der Waals surface area (Å²) in [5.41, 5.74) is 8.76. The number of benzene rings is 5. The molecular formula is C98H106F6N28O12S4. The fourth-order valence-corrected chi connectivity index (χ4v) is 19.7. The van der Waals surface area contributed by atoms with Crippen LogP contribution in [0.2, 0.25) is 0 Å². The number of amides is 2. The summed E-state index contributed by atoms with van der Waals surface area (Å²) in [6.07, 6.45) is 20.6. The molecule has 0 radical (unpaired) electrons. The number of hydrogen-bond acceptors (Lipinski definition) is 34. The number of sulfone groups is 4. The number of anilines is 12. The van der Waals surface area contributed by atoms with Crippen LogP contribution >= 0.6 is 0 Å². The summed E-state index contributed by atoms with van der Waals surface area (Å²) >= 11 is 0. The molecule has 0 aliphatic carbocycles. The summed E-state index contributed by atoms with van der Waals surface area (Å²) < 4.78 is 184. The highest BCUT2D eigenvalue weighted by Gasteiger charge is 2.33. The summed E-state index contributed by atoms with van der Waals surface area (Å²) in [6, 6.07) is 24.0. The van der Waals surface area contributed by atoms with Crippen molar-refractivity contribution in [3.8, 4) is 45.2 Å². The second-order valence-corrected chi connectivity index (χ2v) is 43.4. The van der Waals surface area contributed by atoms with Gasteiger partial charge in [0.25, 0.3) is 0 Å². The van der Waals surface area contributed by atoms with Crippen LogP contribution in [0.1, 0.15) is 51.7 Å². The first-order chi connectivity index (χ1) is 70.4. The molecule has 2 aliphatic rings. The molecule has 4 unspecified atom stereocenters. The number of aromatic nitrogens is 16. The van der Waals surface area contributed by atoms with Crippen molar-refractivity contribution in [2.45, 2.75) is 98.3 Å². The molecule has 4 atom stereocenters. The Balaban J connectivity index is 0.000000149. The topological polar surface area (TPSA) is 538 Å². The van der Waals surface area contributed by atoms with Crippen molar-refractivity contribution < 1.29 is 79.8 Å². The Bertz CT molecular complexity index is 7690. The number of aliphatic hydroxyl groups excluding tert-OH is 2. The molecule has 18 rings (SSSR count). The lowest BCUT2D eigenvalue weighted by atomic mass is 10.1. The zero-order valence-corrected chi connectivity index (χ0v) is 85.3. The van der Waals surface area contributed by atoms with E-state index in [0.717, 1.165) is 140 Å². The molecule has 50 heteroatoms. The molecule has 11 aromatic heterocycles. The fraction of sp³-hybridized carbons (Fsp3) is 0.286. The van der Waals surface area contributed by atoms with Gasteiger partial charge in [-0.25, -0.2) is 105 Å². The number of aliphatic hydroxyl groups is 2. The molecule has 16 aromatic rings. The van der Waals surface area contributed by atoms with Gasteiger partial charge in [0.05, 0.1) is 122 Å². The van der Waals surface area contributed by atoms with Crippen LogP contribution in [-0.4, -0.2) is 284 Å². The number of para-hydroxylation sites is 1. The number of carbonyl (C=O) groups is 2. The van der Waals surface area contributed by atoms with E-state index in [1.807, 2.05) is 33.8 Å². The van der Waals surface area contributed by atoms with E-state index in [2.05, 4.69) is 156 Å². The van der Waals surface area contributed by atoms with Gasteiger partial charge < -0.3 is 77.5 Å². The van der Waals surface area contributed by atoms with E-state index in [0.29, 0.717) is 93.2 Å². The number of nitrogens with one attached hydrogen (secondary N) is 12. The number of rotatable bonds is 30. The van der Waals surface area contributed by atoms with Gasteiger partial charge in [-0.2, -0.15) is 5.10 Å². The largest absolute Gasteiger partial charge is 0.392 e.